The molecule has 1 aromatic carbocycles. The summed E-state index contributed by atoms with van der Waals surface area (Å²) in [6, 6.07) is 7.15. The summed E-state index contributed by atoms with van der Waals surface area (Å²) in [7, 11) is 0. The van der Waals surface area contributed by atoms with Gasteiger partial charge in [-0.25, -0.2) is 4.79 Å². The lowest BCUT2D eigenvalue weighted by Gasteiger charge is -2.43. The molecule has 1 unspecified atom stereocenters. The van der Waals surface area contributed by atoms with Crippen molar-refractivity contribution in [2.75, 3.05) is 37.2 Å². The molecule has 25 heavy (non-hydrogen) atoms. The van der Waals surface area contributed by atoms with Gasteiger partial charge in [0, 0.05) is 43.8 Å². The number of nitrogens with zero attached hydrogens (tertiary/aromatic N) is 3. The van der Waals surface area contributed by atoms with E-state index >= 15 is 0 Å². The van der Waals surface area contributed by atoms with Crippen LogP contribution in [-0.2, 0) is 0 Å². The van der Waals surface area contributed by atoms with Crippen molar-refractivity contribution in [3.05, 3.63) is 36.4 Å². The highest BCUT2D eigenvalue weighted by atomic mass is 16.2. The molecule has 0 bridgehead atoms. The maximum Gasteiger partial charge on any atom is 0.321 e. The van der Waals surface area contributed by atoms with Crippen LogP contribution in [0.4, 0.5) is 16.2 Å². The van der Waals surface area contributed by atoms with Crippen LogP contribution in [0.15, 0.2) is 41.4 Å². The summed E-state index contributed by atoms with van der Waals surface area (Å²) < 4.78 is 0. The fourth-order valence-electron chi connectivity index (χ4n) is 2.90. The Morgan fingerprint density at radius 1 is 1.36 bits per heavy atom. The number of urea groups is 1. The summed E-state index contributed by atoms with van der Waals surface area (Å²) in [4.78, 5) is 21.3. The fraction of sp³-hybridized carbons (Fsp3) is 0.474. The molecule has 1 atom stereocenters. The van der Waals surface area contributed by atoms with E-state index < -0.39 is 0 Å². The highest BCUT2D eigenvalue weighted by molar-refractivity contribution is 5.89. The third-order valence-corrected chi connectivity index (χ3v) is 4.69. The number of allylic oxidation sites excluding steroid dienone is 2. The van der Waals surface area contributed by atoms with Crippen LogP contribution in [0.5, 0.6) is 0 Å². The van der Waals surface area contributed by atoms with Crippen molar-refractivity contribution in [1.82, 2.24) is 9.80 Å². The quantitative estimate of drug-likeness (QED) is 0.637. The van der Waals surface area contributed by atoms with Crippen LogP contribution in [0.1, 0.15) is 27.2 Å². The van der Waals surface area contributed by atoms with Gasteiger partial charge in [0.1, 0.15) is 5.66 Å². The van der Waals surface area contributed by atoms with Crippen LogP contribution in [0, 0.1) is 0 Å². The van der Waals surface area contributed by atoms with E-state index in [1.54, 1.807) is 12.1 Å². The molecule has 3 N–H and O–H groups in total. The smallest absolute Gasteiger partial charge is 0.321 e. The zero-order valence-corrected chi connectivity index (χ0v) is 15.4. The first-order chi connectivity index (χ1) is 12.0. The third-order valence-electron chi connectivity index (χ3n) is 4.69. The van der Waals surface area contributed by atoms with Crippen molar-refractivity contribution < 1.29 is 4.79 Å². The normalized spacial score (nSPS) is 18.6. The molecule has 0 radical (unpaired) electrons. The molecule has 1 fully saturated rings. The number of hydrogen-bond donors (Lipinski definition) is 2. The number of rotatable bonds is 5. The Hall–Kier alpha value is -2.34. The van der Waals surface area contributed by atoms with Gasteiger partial charge in [0.15, 0.2) is 0 Å². The minimum Gasteiger partial charge on any atom is -0.399 e. The molecule has 0 saturated carbocycles. The molecule has 0 aromatic heterocycles. The Labute approximate surface area is 150 Å². The molecule has 1 heterocycles. The maximum atomic E-state index is 12.4. The first kappa shape index (κ1) is 19.0. The Balaban J connectivity index is 1.92. The molecule has 6 nitrogen and oxygen atoms in total. The molecule has 6 heteroatoms. The van der Waals surface area contributed by atoms with Gasteiger partial charge in [-0.2, -0.15) is 0 Å². The molecule has 1 aliphatic heterocycles. The van der Waals surface area contributed by atoms with E-state index in [2.05, 4.69) is 24.1 Å². The van der Waals surface area contributed by atoms with Crippen LogP contribution in [0.2, 0.25) is 0 Å². The molecule has 2 amide bonds. The van der Waals surface area contributed by atoms with Gasteiger partial charge < -0.3 is 16.0 Å². The maximum absolute atomic E-state index is 12.4. The summed E-state index contributed by atoms with van der Waals surface area (Å²) in [5.74, 6) is 0. The second-order valence-corrected chi connectivity index (χ2v) is 6.40. The molecule has 2 rings (SSSR count). The fourth-order valence-corrected chi connectivity index (χ4v) is 2.90. The van der Waals surface area contributed by atoms with Crippen molar-refractivity contribution in [3.63, 3.8) is 0 Å². The van der Waals surface area contributed by atoms with Gasteiger partial charge in [-0.05, 0) is 44.5 Å². The van der Waals surface area contributed by atoms with Gasteiger partial charge in [-0.3, -0.25) is 9.89 Å². The Kier molecular flexibility index (Phi) is 6.58. The number of benzene rings is 1. The highest BCUT2D eigenvalue weighted by Gasteiger charge is 2.32. The SMILES string of the molecule is C/C=C\C=N/C(C)(CC)N1CCN(C(=O)Nc2cccc(N)c2)CC1. The van der Waals surface area contributed by atoms with E-state index in [4.69, 9.17) is 10.7 Å². The first-order valence-electron chi connectivity index (χ1n) is 8.81. The van der Waals surface area contributed by atoms with E-state index in [0.717, 1.165) is 25.2 Å². The van der Waals surface area contributed by atoms with Crippen LogP contribution in [0.3, 0.4) is 0 Å². The molecule has 1 saturated heterocycles. The summed E-state index contributed by atoms with van der Waals surface area (Å²) in [6.07, 6.45) is 6.71. The number of piperazine rings is 1. The van der Waals surface area contributed by atoms with E-state index in [9.17, 15) is 4.79 Å². The van der Waals surface area contributed by atoms with Crippen molar-refractivity contribution in [3.8, 4) is 0 Å². The molecule has 136 valence electrons. The predicted octanol–water partition coefficient (Wildman–Crippen LogP) is 3.19. The number of amides is 2. The number of carbonyl (C=O) groups is 1. The minimum absolute atomic E-state index is 0.0825. The van der Waals surface area contributed by atoms with Crippen molar-refractivity contribution in [2.24, 2.45) is 4.99 Å². The average Bonchev–Trinajstić information content (AvgIpc) is 2.62. The number of carbonyl (C=O) groups excluding carboxylic acids is 1. The zero-order valence-electron chi connectivity index (χ0n) is 15.4. The highest BCUT2D eigenvalue weighted by Crippen LogP contribution is 2.23. The van der Waals surface area contributed by atoms with Crippen molar-refractivity contribution in [2.45, 2.75) is 32.9 Å². The Morgan fingerprint density at radius 2 is 2.08 bits per heavy atom. The summed E-state index contributed by atoms with van der Waals surface area (Å²) >= 11 is 0. The standard InChI is InChI=1S/C19H29N5O/c1-4-6-10-21-19(3,5-2)24-13-11-23(12-14-24)18(25)22-17-9-7-8-16(20)15-17/h4,6-10,15H,5,11-14,20H2,1-3H3,(H,22,25)/b6-4-,21-10-. The van der Waals surface area contributed by atoms with Crippen molar-refractivity contribution >= 4 is 23.6 Å². The van der Waals surface area contributed by atoms with Gasteiger partial charge in [-0.15, -0.1) is 0 Å². The molecular weight excluding hydrogens is 314 g/mol. The number of aliphatic imine (C=N–C) groups is 1. The molecule has 1 aliphatic rings. The Morgan fingerprint density at radius 3 is 2.68 bits per heavy atom. The van der Waals surface area contributed by atoms with E-state index in [0.29, 0.717) is 18.8 Å². The third kappa shape index (κ3) is 5.06. The second kappa shape index (κ2) is 8.67. The number of nitrogens with two attached hydrogens (primary N) is 1. The van der Waals surface area contributed by atoms with Gasteiger partial charge >= 0.3 is 6.03 Å². The first-order valence-corrected chi connectivity index (χ1v) is 8.81. The lowest BCUT2D eigenvalue weighted by atomic mass is 10.1. The lowest BCUT2D eigenvalue weighted by molar-refractivity contribution is 0.0584. The molecule has 0 spiro atoms. The second-order valence-electron chi connectivity index (χ2n) is 6.40. The van der Waals surface area contributed by atoms with Crippen LogP contribution >= 0.6 is 0 Å². The lowest BCUT2D eigenvalue weighted by Crippen LogP contribution is -2.56. The van der Waals surface area contributed by atoms with Crippen LogP contribution < -0.4 is 11.1 Å². The predicted molar refractivity (Wildman–Crippen MR) is 105 cm³/mol. The topological polar surface area (TPSA) is 74.0 Å². The molecule has 0 aliphatic carbocycles. The zero-order chi connectivity index (χ0) is 18.3. The molecular formula is C19H29N5O. The van der Waals surface area contributed by atoms with E-state index in [-0.39, 0.29) is 11.7 Å². The largest absolute Gasteiger partial charge is 0.399 e. The summed E-state index contributed by atoms with van der Waals surface area (Å²) in [5, 5.41) is 2.91. The minimum atomic E-state index is -0.226. The number of anilines is 2. The van der Waals surface area contributed by atoms with Gasteiger partial charge in [0.25, 0.3) is 0 Å². The number of nitrogens with one attached hydrogen (secondary N) is 1. The number of hydrogen-bond acceptors (Lipinski definition) is 4. The van der Waals surface area contributed by atoms with E-state index in [1.807, 2.05) is 42.3 Å². The van der Waals surface area contributed by atoms with Gasteiger partial charge in [-0.1, -0.05) is 19.1 Å². The Bertz CT molecular complexity index is 634. The van der Waals surface area contributed by atoms with Gasteiger partial charge in [0.2, 0.25) is 0 Å². The summed E-state index contributed by atoms with van der Waals surface area (Å²) in [5.41, 5.74) is 6.89. The van der Waals surface area contributed by atoms with Crippen molar-refractivity contribution in [1.29, 1.82) is 0 Å². The monoisotopic (exact) mass is 343 g/mol. The van der Waals surface area contributed by atoms with E-state index in [1.165, 1.54) is 0 Å². The molecule has 1 aromatic rings. The summed E-state index contributed by atoms with van der Waals surface area (Å²) in [6.45, 7) is 9.25. The number of nitrogen functional groups attached to an aromatic ring is 1. The van der Waals surface area contributed by atoms with Crippen LogP contribution in [-0.4, -0.2) is 53.9 Å². The average molecular weight is 343 g/mol. The van der Waals surface area contributed by atoms with Crippen LogP contribution in [0.25, 0.3) is 0 Å². The van der Waals surface area contributed by atoms with Gasteiger partial charge in [0.05, 0.1) is 0 Å².